The van der Waals surface area contributed by atoms with E-state index in [-0.39, 0.29) is 12.3 Å². The predicted molar refractivity (Wildman–Crippen MR) is 94.8 cm³/mol. The first-order valence-electron chi connectivity index (χ1n) is 8.27. The SMILES string of the molecule is CC[C@@H]1N[C@@H](c2ccc(C)cc2)c2c(ccc3ccccc23)O1. The summed E-state index contributed by atoms with van der Waals surface area (Å²) in [7, 11) is 0. The lowest BCUT2D eigenvalue weighted by Crippen LogP contribution is -2.41. The number of nitrogens with one attached hydrogen (secondary N) is 1. The molecule has 0 radical (unpaired) electrons. The van der Waals surface area contributed by atoms with Gasteiger partial charge in [-0.3, -0.25) is 5.32 Å². The number of benzene rings is 3. The molecule has 0 saturated heterocycles. The van der Waals surface area contributed by atoms with E-state index in [0.717, 1.165) is 12.2 Å². The molecule has 1 heterocycles. The first-order valence-corrected chi connectivity index (χ1v) is 8.27. The van der Waals surface area contributed by atoms with Crippen molar-refractivity contribution in [1.29, 1.82) is 0 Å². The molecule has 1 N–H and O–H groups in total. The van der Waals surface area contributed by atoms with Gasteiger partial charge < -0.3 is 4.74 Å². The first-order chi connectivity index (χ1) is 11.3. The van der Waals surface area contributed by atoms with Gasteiger partial charge in [-0.25, -0.2) is 0 Å². The highest BCUT2D eigenvalue weighted by Crippen LogP contribution is 2.40. The van der Waals surface area contributed by atoms with E-state index in [1.165, 1.54) is 27.5 Å². The lowest BCUT2D eigenvalue weighted by atomic mass is 9.91. The molecule has 0 unspecified atom stereocenters. The van der Waals surface area contributed by atoms with Crippen molar-refractivity contribution in [2.45, 2.75) is 32.5 Å². The van der Waals surface area contributed by atoms with E-state index in [1.807, 2.05) is 0 Å². The van der Waals surface area contributed by atoms with Crippen molar-refractivity contribution in [3.63, 3.8) is 0 Å². The van der Waals surface area contributed by atoms with Gasteiger partial charge in [0.1, 0.15) is 5.75 Å². The Morgan fingerprint density at radius 3 is 2.52 bits per heavy atom. The maximum atomic E-state index is 6.15. The summed E-state index contributed by atoms with van der Waals surface area (Å²) in [5.74, 6) is 1.000. The van der Waals surface area contributed by atoms with Gasteiger partial charge in [-0.2, -0.15) is 0 Å². The summed E-state index contributed by atoms with van der Waals surface area (Å²) >= 11 is 0. The second-order valence-corrected chi connectivity index (χ2v) is 6.22. The Kier molecular flexibility index (Phi) is 3.55. The van der Waals surface area contributed by atoms with Gasteiger partial charge in [0.15, 0.2) is 6.23 Å². The molecule has 116 valence electrons. The van der Waals surface area contributed by atoms with Crippen LogP contribution in [-0.4, -0.2) is 6.23 Å². The van der Waals surface area contributed by atoms with Crippen LogP contribution in [0.25, 0.3) is 10.8 Å². The average Bonchev–Trinajstić information content (AvgIpc) is 2.61. The van der Waals surface area contributed by atoms with Gasteiger partial charge in [0.25, 0.3) is 0 Å². The lowest BCUT2D eigenvalue weighted by molar-refractivity contribution is 0.128. The topological polar surface area (TPSA) is 21.3 Å². The number of ether oxygens (including phenoxy) is 1. The van der Waals surface area contributed by atoms with E-state index < -0.39 is 0 Å². The molecule has 23 heavy (non-hydrogen) atoms. The van der Waals surface area contributed by atoms with Gasteiger partial charge in [0.2, 0.25) is 0 Å². The Bertz CT molecular complexity index is 838. The number of hydrogen-bond donors (Lipinski definition) is 1. The van der Waals surface area contributed by atoms with Gasteiger partial charge in [0, 0.05) is 5.56 Å². The fourth-order valence-corrected chi connectivity index (χ4v) is 3.36. The smallest absolute Gasteiger partial charge is 0.150 e. The van der Waals surface area contributed by atoms with E-state index in [0.29, 0.717) is 0 Å². The highest BCUT2D eigenvalue weighted by Gasteiger charge is 2.29. The van der Waals surface area contributed by atoms with Crippen LogP contribution in [0.1, 0.15) is 36.1 Å². The molecule has 3 aromatic rings. The standard InChI is InChI=1S/C21H21NO/c1-3-19-22-21(16-10-8-14(2)9-11-16)20-17-7-5-4-6-15(17)12-13-18(20)23-19/h4-13,19,21-22H,3H2,1-2H3/t19-,21+/m1/s1. The van der Waals surface area contributed by atoms with E-state index >= 15 is 0 Å². The fraction of sp³-hybridized carbons (Fsp3) is 0.238. The summed E-state index contributed by atoms with van der Waals surface area (Å²) in [6.07, 6.45) is 0.990. The zero-order valence-electron chi connectivity index (χ0n) is 13.5. The normalized spacial score (nSPS) is 20.1. The predicted octanol–water partition coefficient (Wildman–Crippen LogP) is 4.96. The molecule has 4 rings (SSSR count). The lowest BCUT2D eigenvalue weighted by Gasteiger charge is -2.34. The molecule has 2 heteroatoms. The van der Waals surface area contributed by atoms with Crippen LogP contribution in [0.15, 0.2) is 60.7 Å². The summed E-state index contributed by atoms with van der Waals surface area (Å²) < 4.78 is 6.15. The van der Waals surface area contributed by atoms with Crippen molar-refractivity contribution < 1.29 is 4.74 Å². The monoisotopic (exact) mass is 303 g/mol. The highest BCUT2D eigenvalue weighted by molar-refractivity contribution is 5.89. The number of hydrogen-bond acceptors (Lipinski definition) is 2. The maximum Gasteiger partial charge on any atom is 0.150 e. The van der Waals surface area contributed by atoms with E-state index in [9.17, 15) is 0 Å². The molecule has 0 saturated carbocycles. The zero-order chi connectivity index (χ0) is 15.8. The molecule has 2 nitrogen and oxygen atoms in total. The molecule has 2 atom stereocenters. The van der Waals surface area contributed by atoms with Crippen LogP contribution in [0.3, 0.4) is 0 Å². The van der Waals surface area contributed by atoms with Crippen molar-refractivity contribution in [3.05, 3.63) is 77.4 Å². The third-order valence-electron chi connectivity index (χ3n) is 4.62. The summed E-state index contributed by atoms with van der Waals surface area (Å²) in [6, 6.07) is 21.8. The van der Waals surface area contributed by atoms with Crippen LogP contribution < -0.4 is 10.1 Å². The number of aryl methyl sites for hydroxylation is 1. The molecular formula is C21H21NO. The van der Waals surface area contributed by atoms with Crippen molar-refractivity contribution >= 4 is 10.8 Å². The fourth-order valence-electron chi connectivity index (χ4n) is 3.36. The largest absolute Gasteiger partial charge is 0.475 e. The van der Waals surface area contributed by atoms with E-state index in [4.69, 9.17) is 4.74 Å². The third-order valence-corrected chi connectivity index (χ3v) is 4.62. The Morgan fingerprint density at radius 1 is 0.957 bits per heavy atom. The minimum atomic E-state index is 0.0509. The van der Waals surface area contributed by atoms with Crippen LogP contribution in [0.5, 0.6) is 5.75 Å². The molecule has 0 spiro atoms. The molecule has 0 fully saturated rings. The van der Waals surface area contributed by atoms with Crippen molar-refractivity contribution in [1.82, 2.24) is 5.32 Å². The molecular weight excluding hydrogens is 282 g/mol. The summed E-state index contributed by atoms with van der Waals surface area (Å²) in [6.45, 7) is 4.27. The summed E-state index contributed by atoms with van der Waals surface area (Å²) in [5, 5.41) is 6.18. The second kappa shape index (κ2) is 5.71. The molecule has 3 aromatic carbocycles. The van der Waals surface area contributed by atoms with Crippen LogP contribution in [0.4, 0.5) is 0 Å². The molecule has 1 aliphatic rings. The Hall–Kier alpha value is -2.32. The quantitative estimate of drug-likeness (QED) is 0.723. The van der Waals surface area contributed by atoms with Gasteiger partial charge in [0.05, 0.1) is 6.04 Å². The molecule has 1 aliphatic heterocycles. The van der Waals surface area contributed by atoms with Crippen LogP contribution >= 0.6 is 0 Å². The Morgan fingerprint density at radius 2 is 1.74 bits per heavy atom. The van der Waals surface area contributed by atoms with Crippen molar-refractivity contribution in [3.8, 4) is 5.75 Å². The maximum absolute atomic E-state index is 6.15. The average molecular weight is 303 g/mol. The second-order valence-electron chi connectivity index (χ2n) is 6.22. The highest BCUT2D eigenvalue weighted by atomic mass is 16.5. The van der Waals surface area contributed by atoms with E-state index in [1.54, 1.807) is 0 Å². The van der Waals surface area contributed by atoms with Gasteiger partial charge in [-0.05, 0) is 35.7 Å². The zero-order valence-corrected chi connectivity index (χ0v) is 13.5. The van der Waals surface area contributed by atoms with Crippen LogP contribution in [0.2, 0.25) is 0 Å². The number of fused-ring (bicyclic) bond motifs is 3. The molecule has 0 bridgehead atoms. The van der Waals surface area contributed by atoms with Gasteiger partial charge in [-0.15, -0.1) is 0 Å². The van der Waals surface area contributed by atoms with Crippen LogP contribution in [-0.2, 0) is 0 Å². The molecule has 0 amide bonds. The molecule has 0 aromatic heterocycles. The third kappa shape index (κ3) is 2.49. The minimum absolute atomic E-state index is 0.0509. The number of rotatable bonds is 2. The van der Waals surface area contributed by atoms with Crippen molar-refractivity contribution in [2.75, 3.05) is 0 Å². The van der Waals surface area contributed by atoms with Crippen LogP contribution in [0, 0.1) is 6.92 Å². The van der Waals surface area contributed by atoms with E-state index in [2.05, 4.69) is 79.8 Å². The van der Waals surface area contributed by atoms with Crippen molar-refractivity contribution in [2.24, 2.45) is 0 Å². The van der Waals surface area contributed by atoms with Gasteiger partial charge >= 0.3 is 0 Å². The molecule has 0 aliphatic carbocycles. The summed E-state index contributed by atoms with van der Waals surface area (Å²) in [4.78, 5) is 0. The van der Waals surface area contributed by atoms with Gasteiger partial charge in [-0.1, -0.05) is 67.1 Å². The minimum Gasteiger partial charge on any atom is -0.475 e. The Labute approximate surface area is 137 Å². The first kappa shape index (κ1) is 14.3. The Balaban J connectivity index is 1.93. The summed E-state index contributed by atoms with van der Waals surface area (Å²) in [5.41, 5.74) is 3.82.